The molecule has 0 aliphatic rings. The molecule has 0 bridgehead atoms. The predicted molar refractivity (Wildman–Crippen MR) is 116 cm³/mol. The molecule has 0 aliphatic heterocycles. The van der Waals surface area contributed by atoms with Crippen LogP contribution < -0.4 is 5.32 Å². The Bertz CT molecular complexity index is 1170. The van der Waals surface area contributed by atoms with Crippen molar-refractivity contribution in [1.29, 1.82) is 0 Å². The first-order chi connectivity index (χ1) is 14.2. The minimum atomic E-state index is -3.71. The first-order valence-electron chi connectivity index (χ1n) is 8.41. The fourth-order valence-corrected chi connectivity index (χ4v) is 5.09. The van der Waals surface area contributed by atoms with Crippen LogP contribution in [0.2, 0.25) is 5.02 Å². The van der Waals surface area contributed by atoms with E-state index in [-0.39, 0.29) is 26.4 Å². The summed E-state index contributed by atoms with van der Waals surface area (Å²) in [4.78, 5) is 12.6. The topological polar surface area (TPSA) is 92.3 Å². The van der Waals surface area contributed by atoms with E-state index in [1.165, 1.54) is 56.2 Å². The Morgan fingerprint density at radius 2 is 1.90 bits per heavy atom. The molecule has 0 fully saturated rings. The lowest BCUT2D eigenvalue weighted by Crippen LogP contribution is -2.23. The summed E-state index contributed by atoms with van der Waals surface area (Å²) in [7, 11) is -0.915. The molecule has 2 aromatic carbocycles. The van der Waals surface area contributed by atoms with Crippen LogP contribution in [0.25, 0.3) is 0 Å². The van der Waals surface area contributed by atoms with Crippen molar-refractivity contribution in [1.82, 2.24) is 14.5 Å². The van der Waals surface area contributed by atoms with Crippen LogP contribution in [0.1, 0.15) is 15.9 Å². The van der Waals surface area contributed by atoms with Crippen LogP contribution in [0, 0.1) is 5.82 Å². The predicted octanol–water partition coefficient (Wildman–Crippen LogP) is 4.13. The summed E-state index contributed by atoms with van der Waals surface area (Å²) in [5.74, 6) is -0.327. The van der Waals surface area contributed by atoms with Crippen molar-refractivity contribution >= 4 is 55.8 Å². The molecule has 1 heterocycles. The second-order valence-corrected chi connectivity index (χ2v) is 10.9. The average molecular weight is 487 g/mol. The number of anilines is 1. The molecule has 7 nitrogen and oxygen atoms in total. The molecule has 0 unspecified atom stereocenters. The van der Waals surface area contributed by atoms with Crippen LogP contribution in [0.15, 0.2) is 51.7 Å². The second-order valence-electron chi connectivity index (χ2n) is 6.17. The van der Waals surface area contributed by atoms with Crippen molar-refractivity contribution in [2.45, 2.75) is 15.0 Å². The quantitative estimate of drug-likeness (QED) is 0.399. The van der Waals surface area contributed by atoms with Gasteiger partial charge in [0, 0.05) is 19.8 Å². The summed E-state index contributed by atoms with van der Waals surface area (Å²) in [6.07, 6.45) is 0. The Balaban J connectivity index is 1.70. The van der Waals surface area contributed by atoms with Gasteiger partial charge in [-0.25, -0.2) is 17.1 Å². The van der Waals surface area contributed by atoms with E-state index < -0.39 is 15.9 Å². The van der Waals surface area contributed by atoms with Gasteiger partial charge in [0.05, 0.1) is 15.5 Å². The number of nitrogens with one attached hydrogen (secondary N) is 1. The molecule has 0 atom stereocenters. The standard InChI is InChI=1S/C18H16ClFN4O3S3/c1-24(2)30(26,27)13-7-8-15(19)14(9-13)16(25)21-17-22-23-18(29-17)28-10-11-3-5-12(20)6-4-11/h3-9H,10H2,1-2H3,(H,21,22,25). The Morgan fingerprint density at radius 1 is 1.20 bits per heavy atom. The molecular weight excluding hydrogens is 471 g/mol. The van der Waals surface area contributed by atoms with Gasteiger partial charge in [-0.2, -0.15) is 0 Å². The number of rotatable bonds is 7. The number of thioether (sulfide) groups is 1. The monoisotopic (exact) mass is 486 g/mol. The van der Waals surface area contributed by atoms with Crippen molar-refractivity contribution in [3.8, 4) is 0 Å². The normalized spacial score (nSPS) is 11.6. The van der Waals surface area contributed by atoms with E-state index in [4.69, 9.17) is 11.6 Å². The van der Waals surface area contributed by atoms with Crippen LogP contribution in [-0.2, 0) is 15.8 Å². The van der Waals surface area contributed by atoms with E-state index in [9.17, 15) is 17.6 Å². The zero-order valence-corrected chi connectivity index (χ0v) is 19.0. The summed E-state index contributed by atoms with van der Waals surface area (Å²) < 4.78 is 39.2. The first kappa shape index (κ1) is 22.6. The average Bonchev–Trinajstić information content (AvgIpc) is 3.14. The van der Waals surface area contributed by atoms with E-state index in [0.717, 1.165) is 21.2 Å². The van der Waals surface area contributed by atoms with Crippen molar-refractivity contribution in [2.24, 2.45) is 0 Å². The van der Waals surface area contributed by atoms with Crippen LogP contribution >= 0.6 is 34.7 Å². The zero-order chi connectivity index (χ0) is 21.9. The van der Waals surface area contributed by atoms with Crippen molar-refractivity contribution < 1.29 is 17.6 Å². The number of aromatic nitrogens is 2. The summed E-state index contributed by atoms with van der Waals surface area (Å²) in [6.45, 7) is 0. The number of hydrogen-bond donors (Lipinski definition) is 1. The van der Waals surface area contributed by atoms with E-state index in [2.05, 4.69) is 15.5 Å². The van der Waals surface area contributed by atoms with Gasteiger partial charge in [-0.1, -0.05) is 46.8 Å². The van der Waals surface area contributed by atoms with Gasteiger partial charge in [-0.3, -0.25) is 10.1 Å². The SMILES string of the molecule is CN(C)S(=O)(=O)c1ccc(Cl)c(C(=O)Nc2nnc(SCc3ccc(F)cc3)s2)c1. The lowest BCUT2D eigenvalue weighted by atomic mass is 10.2. The Hall–Kier alpha value is -2.05. The first-order valence-corrected chi connectivity index (χ1v) is 12.0. The summed E-state index contributed by atoms with van der Waals surface area (Å²) in [6, 6.07) is 10.1. The van der Waals surface area contributed by atoms with Crippen molar-refractivity contribution in [3.05, 3.63) is 64.4 Å². The van der Waals surface area contributed by atoms with Gasteiger partial charge in [0.15, 0.2) is 4.34 Å². The fourth-order valence-electron chi connectivity index (χ4n) is 2.26. The van der Waals surface area contributed by atoms with Gasteiger partial charge in [-0.15, -0.1) is 10.2 Å². The highest BCUT2D eigenvalue weighted by molar-refractivity contribution is 8.00. The lowest BCUT2D eigenvalue weighted by Gasteiger charge is -2.12. The molecule has 3 rings (SSSR count). The lowest BCUT2D eigenvalue weighted by molar-refractivity contribution is 0.102. The highest BCUT2D eigenvalue weighted by Gasteiger charge is 2.21. The number of carbonyl (C=O) groups excluding carboxylic acids is 1. The van der Waals surface area contributed by atoms with E-state index in [0.29, 0.717) is 10.1 Å². The third kappa shape index (κ3) is 5.35. The Labute approximate surface area is 186 Å². The molecule has 0 aliphatic carbocycles. The van der Waals surface area contributed by atoms with Crippen LogP contribution in [-0.4, -0.2) is 42.9 Å². The molecule has 158 valence electrons. The molecule has 0 saturated carbocycles. The third-order valence-corrected chi connectivity index (χ3v) is 8.05. The Morgan fingerprint density at radius 3 is 2.57 bits per heavy atom. The maximum absolute atomic E-state index is 13.0. The van der Waals surface area contributed by atoms with Gasteiger partial charge >= 0.3 is 0 Å². The minimum Gasteiger partial charge on any atom is -0.296 e. The molecule has 30 heavy (non-hydrogen) atoms. The number of sulfonamides is 1. The minimum absolute atomic E-state index is 0.00954. The number of nitrogens with zero attached hydrogens (tertiary/aromatic N) is 3. The highest BCUT2D eigenvalue weighted by atomic mass is 35.5. The van der Waals surface area contributed by atoms with Crippen molar-refractivity contribution in [3.63, 3.8) is 0 Å². The molecular formula is C18H16ClFN4O3S3. The van der Waals surface area contributed by atoms with Gasteiger partial charge in [0.1, 0.15) is 5.82 Å². The summed E-state index contributed by atoms with van der Waals surface area (Å²) in [5, 5.41) is 10.9. The molecule has 3 aromatic rings. The molecule has 1 aromatic heterocycles. The molecule has 1 amide bonds. The molecule has 0 radical (unpaired) electrons. The van der Waals surface area contributed by atoms with Crippen LogP contribution in [0.5, 0.6) is 0 Å². The van der Waals surface area contributed by atoms with Gasteiger partial charge in [-0.05, 0) is 35.9 Å². The van der Waals surface area contributed by atoms with E-state index in [1.54, 1.807) is 12.1 Å². The molecule has 0 saturated heterocycles. The van der Waals surface area contributed by atoms with Crippen LogP contribution in [0.4, 0.5) is 9.52 Å². The summed E-state index contributed by atoms with van der Waals surface area (Å²) in [5.41, 5.74) is 0.934. The maximum atomic E-state index is 13.0. The fraction of sp³-hybridized carbons (Fsp3) is 0.167. The summed E-state index contributed by atoms with van der Waals surface area (Å²) >= 11 is 8.65. The van der Waals surface area contributed by atoms with Crippen LogP contribution in [0.3, 0.4) is 0 Å². The van der Waals surface area contributed by atoms with Crippen molar-refractivity contribution in [2.75, 3.05) is 19.4 Å². The largest absolute Gasteiger partial charge is 0.296 e. The number of carbonyl (C=O) groups is 1. The van der Waals surface area contributed by atoms with E-state index in [1.807, 2.05) is 0 Å². The third-order valence-electron chi connectivity index (χ3n) is 3.86. The molecule has 12 heteroatoms. The van der Waals surface area contributed by atoms with Gasteiger partial charge < -0.3 is 0 Å². The second kappa shape index (κ2) is 9.40. The number of amides is 1. The molecule has 1 N–H and O–H groups in total. The molecule has 0 spiro atoms. The van der Waals surface area contributed by atoms with Gasteiger partial charge in [0.2, 0.25) is 15.2 Å². The maximum Gasteiger partial charge on any atom is 0.259 e. The number of halogens is 2. The zero-order valence-electron chi connectivity index (χ0n) is 15.8. The highest BCUT2D eigenvalue weighted by Crippen LogP contribution is 2.29. The number of benzene rings is 2. The number of hydrogen-bond acceptors (Lipinski definition) is 7. The van der Waals surface area contributed by atoms with E-state index >= 15 is 0 Å². The smallest absolute Gasteiger partial charge is 0.259 e. The van der Waals surface area contributed by atoms with Gasteiger partial charge in [0.25, 0.3) is 5.91 Å². The Kier molecular flexibility index (Phi) is 7.09.